The highest BCUT2D eigenvalue weighted by atomic mass is 14.0. The van der Waals surface area contributed by atoms with E-state index >= 15 is 0 Å². The third kappa shape index (κ3) is 3.08. The normalized spacial score (nSPS) is 13.3. The van der Waals surface area contributed by atoms with E-state index in [1.165, 1.54) is 33.0 Å². The van der Waals surface area contributed by atoms with Crippen LogP contribution in [0.2, 0.25) is 6.82 Å². The Bertz CT molecular complexity index is 920. The van der Waals surface area contributed by atoms with Crippen LogP contribution in [0, 0.1) is 0 Å². The number of benzene rings is 3. The van der Waals surface area contributed by atoms with Gasteiger partial charge in [0.15, 0.2) is 0 Å². The summed E-state index contributed by atoms with van der Waals surface area (Å²) in [5.74, 6) is 2.36. The van der Waals surface area contributed by atoms with Crippen LogP contribution in [-0.2, 0) is 0 Å². The minimum atomic E-state index is 0.314. The molecule has 26 heavy (non-hydrogen) atoms. The maximum absolute atomic E-state index is 2.36. The van der Waals surface area contributed by atoms with E-state index in [4.69, 9.17) is 0 Å². The molecule has 4 rings (SSSR count). The molecule has 0 N–H and O–H groups in total. The average molecular weight is 332 g/mol. The fraction of sp³-hybridized carbons (Fsp3) is 0.0833. The molecule has 124 valence electrons. The molecule has 0 saturated heterocycles. The Balaban J connectivity index is 1.73. The van der Waals surface area contributed by atoms with Crippen molar-refractivity contribution < 1.29 is 0 Å². The first kappa shape index (κ1) is 16.7. The van der Waals surface area contributed by atoms with Gasteiger partial charge in [-0.05, 0) is 18.1 Å². The molecule has 1 aliphatic heterocycles. The highest BCUT2D eigenvalue weighted by Crippen LogP contribution is 2.09. The molecular weight excluding hydrogens is 310 g/mol. The first-order chi connectivity index (χ1) is 12.8. The summed E-state index contributed by atoms with van der Waals surface area (Å²) in [4.78, 5) is 0. The van der Waals surface area contributed by atoms with Gasteiger partial charge in [0, 0.05) is 0 Å². The van der Waals surface area contributed by atoms with E-state index in [2.05, 4.69) is 104 Å². The molecule has 0 spiro atoms. The zero-order valence-corrected chi connectivity index (χ0v) is 15.4. The predicted octanol–water partition coefficient (Wildman–Crippen LogP) is 3.13. The van der Waals surface area contributed by atoms with Crippen molar-refractivity contribution in [2.75, 3.05) is 0 Å². The standard InChI is InChI=1S/C24H22B2/c1-3-8-19-13-15-20(16-14-19)17-18-26-23-11-6-4-9-21(23)25(2)22-10-5-7-12-24(22)26/h3-18H,1-2H3/b8-3+,18-17+. The molecule has 0 atom stereocenters. The van der Waals surface area contributed by atoms with Crippen molar-refractivity contribution in [3.8, 4) is 0 Å². The molecule has 1 aliphatic rings. The Hall–Kier alpha value is -2.73. The lowest BCUT2D eigenvalue weighted by Crippen LogP contribution is -2.67. The molecule has 0 aromatic heterocycles. The monoisotopic (exact) mass is 332 g/mol. The molecule has 2 heteroatoms. The minimum Gasteiger partial charge on any atom is -0.105 e. The molecule has 3 aromatic rings. The van der Waals surface area contributed by atoms with Crippen molar-refractivity contribution in [2.45, 2.75) is 13.7 Å². The van der Waals surface area contributed by atoms with Crippen LogP contribution in [0.25, 0.3) is 12.2 Å². The van der Waals surface area contributed by atoms with E-state index in [9.17, 15) is 0 Å². The van der Waals surface area contributed by atoms with Crippen molar-refractivity contribution in [1.29, 1.82) is 0 Å². The summed E-state index contributed by atoms with van der Waals surface area (Å²) >= 11 is 0. The summed E-state index contributed by atoms with van der Waals surface area (Å²) in [6, 6.07) is 26.5. The van der Waals surface area contributed by atoms with Gasteiger partial charge in [0.25, 0.3) is 0 Å². The van der Waals surface area contributed by atoms with Crippen LogP contribution in [-0.4, -0.2) is 13.4 Å². The Morgan fingerprint density at radius 2 is 1.08 bits per heavy atom. The Morgan fingerprint density at radius 1 is 0.615 bits per heavy atom. The van der Waals surface area contributed by atoms with E-state index in [0.29, 0.717) is 13.4 Å². The predicted molar refractivity (Wildman–Crippen MR) is 119 cm³/mol. The fourth-order valence-corrected chi connectivity index (χ4v) is 4.04. The highest BCUT2D eigenvalue weighted by Gasteiger charge is 2.31. The molecule has 0 fully saturated rings. The summed E-state index contributed by atoms with van der Waals surface area (Å²) in [7, 11) is 0. The second kappa shape index (κ2) is 7.25. The van der Waals surface area contributed by atoms with Gasteiger partial charge in [0.1, 0.15) is 0 Å². The van der Waals surface area contributed by atoms with Crippen LogP contribution in [0.15, 0.2) is 84.8 Å². The fourth-order valence-electron chi connectivity index (χ4n) is 4.04. The number of hydrogen-bond acceptors (Lipinski definition) is 0. The highest BCUT2D eigenvalue weighted by molar-refractivity contribution is 7.04. The van der Waals surface area contributed by atoms with Crippen LogP contribution in [0.4, 0.5) is 0 Å². The number of hydrogen-bond donors (Lipinski definition) is 0. The van der Waals surface area contributed by atoms with Crippen LogP contribution < -0.4 is 21.9 Å². The van der Waals surface area contributed by atoms with Gasteiger partial charge in [-0.15, -0.1) is 5.98 Å². The molecular formula is C24H22B2. The largest absolute Gasteiger partial charge is 0.232 e. The quantitative estimate of drug-likeness (QED) is 0.647. The molecule has 0 nitrogen and oxygen atoms in total. The zero-order valence-electron chi connectivity index (χ0n) is 15.4. The average Bonchev–Trinajstić information content (AvgIpc) is 2.69. The lowest BCUT2D eigenvalue weighted by atomic mass is 9.24. The van der Waals surface area contributed by atoms with Crippen molar-refractivity contribution >= 4 is 47.4 Å². The summed E-state index contributed by atoms with van der Waals surface area (Å²) in [6.45, 7) is 5.13. The van der Waals surface area contributed by atoms with Crippen molar-refractivity contribution in [3.63, 3.8) is 0 Å². The van der Waals surface area contributed by atoms with E-state index in [0.717, 1.165) is 0 Å². The molecule has 0 aliphatic carbocycles. The van der Waals surface area contributed by atoms with E-state index < -0.39 is 0 Å². The molecule has 0 amide bonds. The smallest absolute Gasteiger partial charge is 0.105 e. The SMILES string of the molecule is C/C=C/c1ccc(/C=C/B2c3ccccc3B(C)c3ccccc32)cc1. The number of rotatable bonds is 3. The van der Waals surface area contributed by atoms with Crippen LogP contribution in [0.1, 0.15) is 18.1 Å². The van der Waals surface area contributed by atoms with Crippen molar-refractivity contribution in [2.24, 2.45) is 0 Å². The summed E-state index contributed by atoms with van der Waals surface area (Å²) < 4.78 is 0. The van der Waals surface area contributed by atoms with Crippen molar-refractivity contribution in [3.05, 3.63) is 96.0 Å². The second-order valence-electron chi connectivity index (χ2n) is 6.98. The zero-order chi connectivity index (χ0) is 17.9. The van der Waals surface area contributed by atoms with Gasteiger partial charge < -0.3 is 0 Å². The Kier molecular flexibility index (Phi) is 4.67. The summed E-state index contributed by atoms with van der Waals surface area (Å²) in [6.07, 6.45) is 6.46. The topological polar surface area (TPSA) is 0 Å². The van der Waals surface area contributed by atoms with Gasteiger partial charge in [0.2, 0.25) is 13.4 Å². The number of allylic oxidation sites excluding steroid dienone is 1. The minimum absolute atomic E-state index is 0.314. The van der Waals surface area contributed by atoms with Gasteiger partial charge in [-0.25, -0.2) is 0 Å². The third-order valence-corrected chi connectivity index (χ3v) is 5.37. The molecule has 1 heterocycles. The van der Waals surface area contributed by atoms with Crippen LogP contribution in [0.5, 0.6) is 0 Å². The molecule has 0 bridgehead atoms. The Labute approximate surface area is 157 Å². The lowest BCUT2D eigenvalue weighted by Gasteiger charge is -2.28. The number of fused-ring (bicyclic) bond motifs is 2. The maximum Gasteiger partial charge on any atom is 0.232 e. The Morgan fingerprint density at radius 3 is 1.58 bits per heavy atom. The lowest BCUT2D eigenvalue weighted by molar-refractivity contribution is 1.61. The molecule has 3 aromatic carbocycles. The first-order valence-corrected chi connectivity index (χ1v) is 9.36. The van der Waals surface area contributed by atoms with Gasteiger partial charge in [-0.1, -0.05) is 120 Å². The second-order valence-corrected chi connectivity index (χ2v) is 6.98. The summed E-state index contributed by atoms with van der Waals surface area (Å²) in [5, 5.41) is 0. The van der Waals surface area contributed by atoms with Crippen LogP contribution in [0.3, 0.4) is 0 Å². The van der Waals surface area contributed by atoms with Gasteiger partial charge >= 0.3 is 0 Å². The third-order valence-electron chi connectivity index (χ3n) is 5.37. The van der Waals surface area contributed by atoms with Gasteiger partial charge in [-0.3, -0.25) is 0 Å². The molecule has 0 radical (unpaired) electrons. The molecule has 0 unspecified atom stereocenters. The van der Waals surface area contributed by atoms with Crippen LogP contribution >= 0.6 is 0 Å². The van der Waals surface area contributed by atoms with E-state index in [1.54, 1.807) is 0 Å². The van der Waals surface area contributed by atoms with E-state index in [-0.39, 0.29) is 0 Å². The molecule has 0 saturated carbocycles. The van der Waals surface area contributed by atoms with Gasteiger partial charge in [0.05, 0.1) is 0 Å². The van der Waals surface area contributed by atoms with E-state index in [1.807, 2.05) is 6.92 Å². The summed E-state index contributed by atoms with van der Waals surface area (Å²) in [5.41, 5.74) is 8.24. The maximum atomic E-state index is 2.36. The first-order valence-electron chi connectivity index (χ1n) is 9.36. The van der Waals surface area contributed by atoms with Gasteiger partial charge in [-0.2, -0.15) is 0 Å². The van der Waals surface area contributed by atoms with Crippen molar-refractivity contribution in [1.82, 2.24) is 0 Å².